The van der Waals surface area contributed by atoms with Crippen LogP contribution in [0.1, 0.15) is 20.7 Å². The lowest BCUT2D eigenvalue weighted by molar-refractivity contribution is -0.274. The third-order valence-electron chi connectivity index (χ3n) is 1.81. The molecule has 0 spiro atoms. The van der Waals surface area contributed by atoms with Gasteiger partial charge in [0.25, 0.3) is 0 Å². The minimum atomic E-state index is -4.93. The number of Topliss-reactive ketones (excluding diaryl/α,β-unsaturated/α-hetero) is 1. The molecule has 7 heteroatoms. The molecule has 0 aliphatic rings. The number of carbonyl (C=O) groups is 2. The summed E-state index contributed by atoms with van der Waals surface area (Å²) >= 11 is 5.26. The number of halogens is 4. The molecule has 0 aliphatic carbocycles. The second kappa shape index (κ2) is 5.18. The van der Waals surface area contributed by atoms with Gasteiger partial charge in [-0.1, -0.05) is 6.07 Å². The molecule has 17 heavy (non-hydrogen) atoms. The largest absolute Gasteiger partial charge is 0.573 e. The predicted octanol–water partition coefficient (Wildman–Crippen LogP) is 2.82. The van der Waals surface area contributed by atoms with Crippen LogP contribution in [0.4, 0.5) is 13.2 Å². The molecule has 0 unspecified atom stereocenters. The van der Waals surface area contributed by atoms with Crippen molar-refractivity contribution in [3.63, 3.8) is 0 Å². The molecule has 0 saturated carbocycles. The van der Waals surface area contributed by atoms with Crippen LogP contribution in [0.15, 0.2) is 18.2 Å². The van der Waals surface area contributed by atoms with E-state index in [0.717, 1.165) is 12.1 Å². The van der Waals surface area contributed by atoms with E-state index in [1.165, 1.54) is 6.07 Å². The van der Waals surface area contributed by atoms with Gasteiger partial charge in [-0.05, 0) is 12.1 Å². The van der Waals surface area contributed by atoms with Crippen LogP contribution >= 0.6 is 11.6 Å². The zero-order chi connectivity index (χ0) is 13.1. The van der Waals surface area contributed by atoms with E-state index in [1.54, 1.807) is 0 Å². The highest BCUT2D eigenvalue weighted by Gasteiger charge is 2.32. The van der Waals surface area contributed by atoms with Gasteiger partial charge in [-0.2, -0.15) is 0 Å². The number of benzene rings is 1. The van der Waals surface area contributed by atoms with E-state index in [1.807, 2.05) is 0 Å². The lowest BCUT2D eigenvalue weighted by Gasteiger charge is -2.11. The Bertz CT molecular complexity index is 443. The van der Waals surface area contributed by atoms with Crippen molar-refractivity contribution in [2.24, 2.45) is 0 Å². The summed E-state index contributed by atoms with van der Waals surface area (Å²) in [5, 5.41) is 0. The third-order valence-corrected chi connectivity index (χ3v) is 2.05. The number of aldehydes is 1. The molecule has 0 atom stereocenters. The van der Waals surface area contributed by atoms with Gasteiger partial charge in [0.15, 0.2) is 12.1 Å². The van der Waals surface area contributed by atoms with Crippen LogP contribution < -0.4 is 4.74 Å². The summed E-state index contributed by atoms with van der Waals surface area (Å²) in [7, 11) is 0. The molecule has 0 heterocycles. The highest BCUT2D eigenvalue weighted by atomic mass is 35.5. The SMILES string of the molecule is O=Cc1ccc(C(=O)CCl)cc1OC(F)(F)F. The molecule has 0 amide bonds. The fourth-order valence-electron chi connectivity index (χ4n) is 1.10. The van der Waals surface area contributed by atoms with Crippen molar-refractivity contribution >= 4 is 23.7 Å². The van der Waals surface area contributed by atoms with Crippen LogP contribution in [0.5, 0.6) is 5.75 Å². The number of rotatable bonds is 4. The van der Waals surface area contributed by atoms with E-state index in [2.05, 4.69) is 4.74 Å². The zero-order valence-electron chi connectivity index (χ0n) is 8.25. The molecule has 0 fully saturated rings. The van der Waals surface area contributed by atoms with Gasteiger partial charge < -0.3 is 4.74 Å². The summed E-state index contributed by atoms with van der Waals surface area (Å²) in [5.74, 6) is -1.65. The number of ketones is 1. The first-order chi connectivity index (χ1) is 7.87. The normalized spacial score (nSPS) is 11.1. The monoisotopic (exact) mass is 266 g/mol. The van der Waals surface area contributed by atoms with Gasteiger partial charge in [0, 0.05) is 5.56 Å². The Morgan fingerprint density at radius 1 is 1.41 bits per heavy atom. The van der Waals surface area contributed by atoms with Crippen molar-refractivity contribution in [2.45, 2.75) is 6.36 Å². The van der Waals surface area contributed by atoms with E-state index >= 15 is 0 Å². The Morgan fingerprint density at radius 3 is 2.53 bits per heavy atom. The molecule has 1 rings (SSSR count). The molecule has 0 bridgehead atoms. The Kier molecular flexibility index (Phi) is 4.11. The number of ether oxygens (including phenoxy) is 1. The molecule has 1 aromatic rings. The molecule has 0 aromatic heterocycles. The van der Waals surface area contributed by atoms with Gasteiger partial charge in [0.2, 0.25) is 0 Å². The zero-order valence-corrected chi connectivity index (χ0v) is 9.01. The quantitative estimate of drug-likeness (QED) is 0.478. The molecule has 92 valence electrons. The lowest BCUT2D eigenvalue weighted by atomic mass is 10.1. The Morgan fingerprint density at radius 2 is 2.06 bits per heavy atom. The Balaban J connectivity index is 3.15. The van der Waals surface area contributed by atoms with Crippen LogP contribution in [0.25, 0.3) is 0 Å². The van der Waals surface area contributed by atoms with Crippen molar-refractivity contribution in [3.8, 4) is 5.75 Å². The van der Waals surface area contributed by atoms with Crippen molar-refractivity contribution in [3.05, 3.63) is 29.3 Å². The van der Waals surface area contributed by atoms with Crippen LogP contribution in [-0.4, -0.2) is 24.3 Å². The van der Waals surface area contributed by atoms with E-state index < -0.39 is 17.9 Å². The molecule has 0 aliphatic heterocycles. The third kappa shape index (κ3) is 3.74. The maximum absolute atomic E-state index is 12.0. The first kappa shape index (κ1) is 13.5. The summed E-state index contributed by atoms with van der Waals surface area (Å²) in [6.45, 7) is 0. The summed E-state index contributed by atoms with van der Waals surface area (Å²) in [5.41, 5.74) is -0.349. The average Bonchev–Trinajstić information content (AvgIpc) is 2.25. The van der Waals surface area contributed by atoms with Crippen LogP contribution in [0, 0.1) is 0 Å². The van der Waals surface area contributed by atoms with Gasteiger partial charge in [0.05, 0.1) is 11.4 Å². The van der Waals surface area contributed by atoms with Crippen molar-refractivity contribution in [1.29, 1.82) is 0 Å². The van der Waals surface area contributed by atoms with E-state index in [0.29, 0.717) is 0 Å². The fourth-order valence-corrected chi connectivity index (χ4v) is 1.25. The molecular weight excluding hydrogens is 261 g/mol. The smallest absolute Gasteiger partial charge is 0.405 e. The molecule has 0 radical (unpaired) electrons. The Labute approximate surface area is 99.1 Å². The Hall–Kier alpha value is -1.56. The van der Waals surface area contributed by atoms with Crippen molar-refractivity contribution in [2.75, 3.05) is 5.88 Å². The number of alkyl halides is 4. The van der Waals surface area contributed by atoms with E-state index in [9.17, 15) is 22.8 Å². The van der Waals surface area contributed by atoms with Gasteiger partial charge in [-0.25, -0.2) is 0 Å². The number of hydrogen-bond acceptors (Lipinski definition) is 3. The standard InChI is InChI=1S/C10H6ClF3O3/c11-4-8(16)6-1-2-7(5-15)9(3-6)17-10(12,13)14/h1-3,5H,4H2. The summed E-state index contributed by atoms with van der Waals surface area (Å²) in [4.78, 5) is 21.7. The maximum atomic E-state index is 12.0. The number of hydrogen-bond donors (Lipinski definition) is 0. The predicted molar refractivity (Wildman–Crippen MR) is 53.6 cm³/mol. The molecule has 1 aromatic carbocycles. The number of carbonyl (C=O) groups excluding carboxylic acids is 2. The van der Waals surface area contributed by atoms with Gasteiger partial charge in [-0.15, -0.1) is 24.8 Å². The molecule has 3 nitrogen and oxygen atoms in total. The molecule has 0 saturated heterocycles. The van der Waals surface area contributed by atoms with Crippen LogP contribution in [-0.2, 0) is 0 Å². The second-order valence-electron chi connectivity index (χ2n) is 2.98. The van der Waals surface area contributed by atoms with Crippen molar-refractivity contribution in [1.82, 2.24) is 0 Å². The first-order valence-corrected chi connectivity index (χ1v) is 4.85. The summed E-state index contributed by atoms with van der Waals surface area (Å²) in [6.07, 6.45) is -4.73. The highest BCUT2D eigenvalue weighted by molar-refractivity contribution is 6.30. The highest BCUT2D eigenvalue weighted by Crippen LogP contribution is 2.26. The maximum Gasteiger partial charge on any atom is 0.573 e. The van der Waals surface area contributed by atoms with E-state index in [-0.39, 0.29) is 23.3 Å². The minimum Gasteiger partial charge on any atom is -0.405 e. The van der Waals surface area contributed by atoms with Crippen molar-refractivity contribution < 1.29 is 27.5 Å². The summed E-state index contributed by atoms with van der Waals surface area (Å²) in [6, 6.07) is 3.10. The molecule has 0 N–H and O–H groups in total. The van der Waals surface area contributed by atoms with Gasteiger partial charge in [0.1, 0.15) is 5.75 Å². The lowest BCUT2D eigenvalue weighted by Crippen LogP contribution is -2.18. The second-order valence-corrected chi connectivity index (χ2v) is 3.24. The summed E-state index contributed by atoms with van der Waals surface area (Å²) < 4.78 is 39.7. The first-order valence-electron chi connectivity index (χ1n) is 4.31. The fraction of sp³-hybridized carbons (Fsp3) is 0.200. The topological polar surface area (TPSA) is 43.4 Å². The average molecular weight is 267 g/mol. The van der Waals surface area contributed by atoms with Gasteiger partial charge in [-0.3, -0.25) is 9.59 Å². The van der Waals surface area contributed by atoms with E-state index in [4.69, 9.17) is 11.6 Å². The van der Waals surface area contributed by atoms with Crippen LogP contribution in [0.2, 0.25) is 0 Å². The minimum absolute atomic E-state index is 0.0511. The molecular formula is C10H6ClF3O3. The van der Waals surface area contributed by atoms with Crippen LogP contribution in [0.3, 0.4) is 0 Å². The van der Waals surface area contributed by atoms with Gasteiger partial charge >= 0.3 is 6.36 Å².